The van der Waals surface area contributed by atoms with Crippen molar-refractivity contribution in [2.24, 2.45) is 5.92 Å². The highest BCUT2D eigenvalue weighted by atomic mass is 35.5. The van der Waals surface area contributed by atoms with Crippen LogP contribution in [0.3, 0.4) is 0 Å². The number of benzene rings is 1. The number of aromatic nitrogens is 1. The number of carbonyl (C=O) groups excluding carboxylic acids is 1. The Morgan fingerprint density at radius 2 is 2.21 bits per heavy atom. The number of rotatable bonds is 5. The van der Waals surface area contributed by atoms with Gasteiger partial charge in [-0.25, -0.2) is 4.39 Å². The number of nitrogens with zero attached hydrogens (tertiary/aromatic N) is 2. The van der Waals surface area contributed by atoms with Crippen molar-refractivity contribution in [3.8, 4) is 0 Å². The van der Waals surface area contributed by atoms with Crippen molar-refractivity contribution in [3.05, 3.63) is 41.8 Å². The molecule has 0 spiro atoms. The minimum Gasteiger partial charge on any atom is -0.354 e. The molecule has 2 aliphatic heterocycles. The van der Waals surface area contributed by atoms with E-state index in [0.717, 1.165) is 68.3 Å². The second-order valence-corrected chi connectivity index (χ2v) is 7.78. The number of fused-ring (bicyclic) bond motifs is 1. The summed E-state index contributed by atoms with van der Waals surface area (Å²) in [5, 5.41) is 7.20. The lowest BCUT2D eigenvalue weighted by Crippen LogP contribution is -2.45. The number of piperidine rings is 1. The number of pyridine rings is 1. The van der Waals surface area contributed by atoms with Gasteiger partial charge in [-0.2, -0.15) is 0 Å². The number of carbonyl (C=O) groups is 1. The second-order valence-electron chi connectivity index (χ2n) is 7.78. The number of nitrogens with one attached hydrogen (secondary N) is 2. The second kappa shape index (κ2) is 9.63. The third kappa shape index (κ3) is 4.99. The molecule has 2 unspecified atom stereocenters. The maximum Gasteiger partial charge on any atom is 0.237 e. The van der Waals surface area contributed by atoms with Crippen molar-refractivity contribution in [1.29, 1.82) is 0 Å². The van der Waals surface area contributed by atoms with Crippen LogP contribution in [0, 0.1) is 11.7 Å². The van der Waals surface area contributed by atoms with Gasteiger partial charge in [0.25, 0.3) is 0 Å². The minimum atomic E-state index is -0.213. The van der Waals surface area contributed by atoms with Crippen molar-refractivity contribution in [3.63, 3.8) is 0 Å². The van der Waals surface area contributed by atoms with E-state index >= 15 is 0 Å². The highest BCUT2D eigenvalue weighted by molar-refractivity contribution is 5.85. The van der Waals surface area contributed by atoms with E-state index in [1.807, 2.05) is 12.1 Å². The molecule has 3 heterocycles. The van der Waals surface area contributed by atoms with E-state index in [1.165, 1.54) is 6.07 Å². The number of hydrogen-bond donors (Lipinski definition) is 2. The minimum absolute atomic E-state index is 0. The lowest BCUT2D eigenvalue weighted by Gasteiger charge is -2.33. The van der Waals surface area contributed by atoms with Crippen LogP contribution in [-0.2, 0) is 11.3 Å². The van der Waals surface area contributed by atoms with Crippen molar-refractivity contribution < 1.29 is 9.18 Å². The maximum atomic E-state index is 14.0. The van der Waals surface area contributed by atoms with Crippen LogP contribution in [0.4, 0.5) is 4.39 Å². The van der Waals surface area contributed by atoms with Crippen LogP contribution in [0.25, 0.3) is 10.9 Å². The molecule has 4 rings (SSSR count). The highest BCUT2D eigenvalue weighted by Gasteiger charge is 2.25. The SMILES string of the molecule is Cl.O=C(NCC1CCCN(Cc2cc(F)cc3cccnc23)C1)C1CCCN1. The molecule has 2 atom stereocenters. The van der Waals surface area contributed by atoms with E-state index in [2.05, 4.69) is 20.5 Å². The largest absolute Gasteiger partial charge is 0.354 e. The van der Waals surface area contributed by atoms with Gasteiger partial charge < -0.3 is 10.6 Å². The van der Waals surface area contributed by atoms with Gasteiger partial charge in [0.05, 0.1) is 11.6 Å². The summed E-state index contributed by atoms with van der Waals surface area (Å²) in [5.74, 6) is 0.359. The van der Waals surface area contributed by atoms with Crippen molar-refractivity contribution >= 4 is 29.2 Å². The van der Waals surface area contributed by atoms with E-state index < -0.39 is 0 Å². The molecule has 7 heteroatoms. The first-order valence-corrected chi connectivity index (χ1v) is 9.95. The Labute approximate surface area is 171 Å². The molecule has 0 radical (unpaired) electrons. The van der Waals surface area contributed by atoms with Gasteiger partial charge in [0.1, 0.15) is 5.82 Å². The van der Waals surface area contributed by atoms with Crippen LogP contribution < -0.4 is 10.6 Å². The normalized spacial score (nSPS) is 22.8. The molecule has 5 nitrogen and oxygen atoms in total. The predicted molar refractivity (Wildman–Crippen MR) is 111 cm³/mol. The monoisotopic (exact) mass is 406 g/mol. The molecule has 1 amide bonds. The molecule has 2 aliphatic rings. The average Bonchev–Trinajstić information content (AvgIpc) is 3.21. The first kappa shape index (κ1) is 21.0. The van der Waals surface area contributed by atoms with Crippen molar-refractivity contribution in [2.75, 3.05) is 26.2 Å². The number of likely N-dealkylation sites (tertiary alicyclic amines) is 1. The molecule has 2 saturated heterocycles. The van der Waals surface area contributed by atoms with Gasteiger partial charge in [0, 0.05) is 31.2 Å². The molecule has 2 aromatic rings. The molecule has 1 aromatic heterocycles. The number of amides is 1. The van der Waals surface area contributed by atoms with Crippen LogP contribution in [0.15, 0.2) is 30.5 Å². The van der Waals surface area contributed by atoms with Crippen LogP contribution >= 0.6 is 12.4 Å². The Bertz CT molecular complexity index is 812. The average molecular weight is 407 g/mol. The third-order valence-electron chi connectivity index (χ3n) is 5.69. The van der Waals surface area contributed by atoms with Crippen LogP contribution in [-0.4, -0.2) is 48.0 Å². The van der Waals surface area contributed by atoms with Gasteiger partial charge in [-0.15, -0.1) is 12.4 Å². The lowest BCUT2D eigenvalue weighted by atomic mass is 9.97. The van der Waals surface area contributed by atoms with Gasteiger partial charge in [-0.3, -0.25) is 14.7 Å². The molecule has 1 aromatic carbocycles. The van der Waals surface area contributed by atoms with Gasteiger partial charge in [-0.1, -0.05) is 6.07 Å². The Kier molecular flexibility index (Phi) is 7.21. The Morgan fingerprint density at radius 1 is 1.32 bits per heavy atom. The maximum absolute atomic E-state index is 14.0. The molecule has 2 N–H and O–H groups in total. The topological polar surface area (TPSA) is 57.3 Å². The summed E-state index contributed by atoms with van der Waals surface area (Å²) in [6.45, 7) is 4.27. The summed E-state index contributed by atoms with van der Waals surface area (Å²) in [5.41, 5.74) is 1.81. The molecular formula is C21H28ClFN4O. The number of hydrogen-bond acceptors (Lipinski definition) is 4. The number of halogens is 2. The van der Waals surface area contributed by atoms with E-state index in [9.17, 15) is 9.18 Å². The molecule has 152 valence electrons. The Morgan fingerprint density at radius 3 is 3.04 bits per heavy atom. The summed E-state index contributed by atoms with van der Waals surface area (Å²) in [7, 11) is 0. The van der Waals surface area contributed by atoms with Crippen LogP contribution in [0.5, 0.6) is 0 Å². The Balaban J connectivity index is 0.00000225. The van der Waals surface area contributed by atoms with Gasteiger partial charge in [-0.05, 0) is 68.5 Å². The molecular weight excluding hydrogens is 379 g/mol. The molecule has 2 fully saturated rings. The summed E-state index contributed by atoms with van der Waals surface area (Å²) < 4.78 is 14.0. The lowest BCUT2D eigenvalue weighted by molar-refractivity contribution is -0.123. The first-order valence-electron chi connectivity index (χ1n) is 9.95. The smallest absolute Gasteiger partial charge is 0.237 e. The summed E-state index contributed by atoms with van der Waals surface area (Å²) in [6.07, 6.45) is 5.99. The summed E-state index contributed by atoms with van der Waals surface area (Å²) >= 11 is 0. The Hall–Kier alpha value is -1.76. The zero-order valence-corrected chi connectivity index (χ0v) is 16.8. The van der Waals surface area contributed by atoms with Crippen molar-refractivity contribution in [2.45, 2.75) is 38.3 Å². The summed E-state index contributed by atoms with van der Waals surface area (Å²) in [6, 6.07) is 6.86. The van der Waals surface area contributed by atoms with E-state index in [1.54, 1.807) is 12.3 Å². The van der Waals surface area contributed by atoms with Gasteiger partial charge in [0.15, 0.2) is 0 Å². The van der Waals surface area contributed by atoms with E-state index in [-0.39, 0.29) is 30.2 Å². The summed E-state index contributed by atoms with van der Waals surface area (Å²) in [4.78, 5) is 19.0. The molecule has 0 bridgehead atoms. The first-order chi connectivity index (χ1) is 13.2. The van der Waals surface area contributed by atoms with Gasteiger partial charge >= 0.3 is 0 Å². The predicted octanol–water partition coefficient (Wildman–Crippen LogP) is 2.88. The third-order valence-corrected chi connectivity index (χ3v) is 5.69. The fourth-order valence-electron chi connectivity index (χ4n) is 4.33. The van der Waals surface area contributed by atoms with Crippen LogP contribution in [0.2, 0.25) is 0 Å². The molecule has 0 aliphatic carbocycles. The van der Waals surface area contributed by atoms with E-state index in [0.29, 0.717) is 12.5 Å². The molecule has 0 saturated carbocycles. The zero-order chi connectivity index (χ0) is 18.6. The fourth-order valence-corrected chi connectivity index (χ4v) is 4.33. The van der Waals surface area contributed by atoms with Crippen molar-refractivity contribution in [1.82, 2.24) is 20.5 Å². The highest BCUT2D eigenvalue weighted by Crippen LogP contribution is 2.23. The van der Waals surface area contributed by atoms with Gasteiger partial charge in [0.2, 0.25) is 5.91 Å². The standard InChI is InChI=1S/C21H27FN4O.ClH/c22-18-10-16-5-1-8-24-20(16)17(11-18)14-26-9-3-4-15(13-26)12-25-21(27)19-6-2-7-23-19;/h1,5,8,10-11,15,19,23H,2-4,6-7,9,12-14H2,(H,25,27);1H. The fraction of sp³-hybridized carbons (Fsp3) is 0.524. The quantitative estimate of drug-likeness (QED) is 0.801. The molecule has 28 heavy (non-hydrogen) atoms. The van der Waals surface area contributed by atoms with E-state index in [4.69, 9.17) is 0 Å². The van der Waals surface area contributed by atoms with Crippen LogP contribution in [0.1, 0.15) is 31.2 Å². The zero-order valence-electron chi connectivity index (χ0n) is 16.0.